The highest BCUT2D eigenvalue weighted by Gasteiger charge is 2.27. The Morgan fingerprint density at radius 1 is 1.00 bits per heavy atom. The minimum atomic E-state index is -0.0498. The number of likely N-dealkylation sites (tertiary alicyclic amines) is 1. The van der Waals surface area contributed by atoms with Crippen molar-refractivity contribution in [3.8, 4) is 5.75 Å². The summed E-state index contributed by atoms with van der Waals surface area (Å²) in [4.78, 5) is 27.5. The van der Waals surface area contributed by atoms with Gasteiger partial charge in [0.2, 0.25) is 0 Å². The van der Waals surface area contributed by atoms with Crippen molar-refractivity contribution in [2.45, 2.75) is 57.9 Å². The molecule has 0 N–H and O–H groups in total. The smallest absolute Gasteiger partial charge is 0.259 e. The van der Waals surface area contributed by atoms with Crippen molar-refractivity contribution in [3.63, 3.8) is 0 Å². The Balaban J connectivity index is 2.05. The summed E-state index contributed by atoms with van der Waals surface area (Å²) in [5.41, 5.74) is 1.45. The first-order valence-electron chi connectivity index (χ1n) is 8.82. The second kappa shape index (κ2) is 7.20. The normalized spacial score (nSPS) is 18.7. The lowest BCUT2D eigenvalue weighted by Gasteiger charge is -2.24. The van der Waals surface area contributed by atoms with Gasteiger partial charge in [-0.25, -0.2) is 0 Å². The Hall–Kier alpha value is -1.78. The first-order valence-corrected chi connectivity index (χ1v) is 8.82. The van der Waals surface area contributed by atoms with Crippen LogP contribution in [-0.2, 0) is 13.0 Å². The van der Waals surface area contributed by atoms with Crippen LogP contribution in [0.2, 0.25) is 0 Å². The standard InChI is InChI=1S/C18H26N2O3/c1-23-15-13-16(21)20-12-8-4-5-9-14(20)17(15)18(22)19-10-6-2-3-7-11-19/h13H,2-12H2,1H3. The summed E-state index contributed by atoms with van der Waals surface area (Å²) >= 11 is 0. The van der Waals surface area contributed by atoms with Gasteiger partial charge in [-0.1, -0.05) is 19.3 Å². The third kappa shape index (κ3) is 3.28. The summed E-state index contributed by atoms with van der Waals surface area (Å²) < 4.78 is 7.21. The first-order chi connectivity index (χ1) is 11.2. The van der Waals surface area contributed by atoms with Crippen LogP contribution in [-0.4, -0.2) is 35.6 Å². The van der Waals surface area contributed by atoms with Crippen molar-refractivity contribution >= 4 is 5.91 Å². The lowest BCUT2D eigenvalue weighted by Crippen LogP contribution is -2.35. The number of hydrogen-bond acceptors (Lipinski definition) is 3. The molecule has 126 valence electrons. The molecule has 1 amide bonds. The van der Waals surface area contributed by atoms with E-state index in [9.17, 15) is 9.59 Å². The molecule has 0 bridgehead atoms. The largest absolute Gasteiger partial charge is 0.496 e. The van der Waals surface area contributed by atoms with E-state index in [1.807, 2.05) is 4.90 Å². The van der Waals surface area contributed by atoms with Crippen molar-refractivity contribution in [3.05, 3.63) is 27.7 Å². The van der Waals surface area contributed by atoms with Gasteiger partial charge in [0.1, 0.15) is 11.3 Å². The lowest BCUT2D eigenvalue weighted by molar-refractivity contribution is 0.0755. The molecule has 0 radical (unpaired) electrons. The van der Waals surface area contributed by atoms with Gasteiger partial charge in [-0.2, -0.15) is 0 Å². The molecule has 0 spiro atoms. The maximum Gasteiger partial charge on any atom is 0.259 e. The highest BCUT2D eigenvalue weighted by atomic mass is 16.5. The number of aromatic nitrogens is 1. The van der Waals surface area contributed by atoms with E-state index >= 15 is 0 Å². The second-order valence-electron chi connectivity index (χ2n) is 6.54. The number of methoxy groups -OCH3 is 1. The molecular formula is C18H26N2O3. The Bertz CT molecular complexity index is 628. The van der Waals surface area contributed by atoms with E-state index in [4.69, 9.17) is 4.74 Å². The average molecular weight is 318 g/mol. The molecule has 5 nitrogen and oxygen atoms in total. The van der Waals surface area contributed by atoms with E-state index in [1.165, 1.54) is 18.9 Å². The van der Waals surface area contributed by atoms with Crippen molar-refractivity contribution in [1.29, 1.82) is 0 Å². The maximum atomic E-state index is 13.2. The van der Waals surface area contributed by atoms with Crippen molar-refractivity contribution in [1.82, 2.24) is 9.47 Å². The molecule has 1 aromatic rings. The molecule has 2 aliphatic heterocycles. The number of carbonyl (C=O) groups is 1. The number of carbonyl (C=O) groups excluding carboxylic acids is 1. The van der Waals surface area contributed by atoms with E-state index < -0.39 is 0 Å². The first kappa shape index (κ1) is 16.1. The zero-order valence-electron chi connectivity index (χ0n) is 14.0. The maximum absolute atomic E-state index is 13.2. The minimum absolute atomic E-state index is 0.0365. The SMILES string of the molecule is COc1cc(=O)n2c(c1C(=O)N1CCCCCC1)CCCCC2. The zero-order valence-corrected chi connectivity index (χ0v) is 14.0. The van der Waals surface area contributed by atoms with Gasteiger partial charge >= 0.3 is 0 Å². The molecule has 0 unspecified atom stereocenters. The summed E-state index contributed by atoms with van der Waals surface area (Å²) in [5, 5.41) is 0. The van der Waals surface area contributed by atoms with Gasteiger partial charge < -0.3 is 14.2 Å². The van der Waals surface area contributed by atoms with Gasteiger partial charge in [-0.05, 0) is 32.1 Å². The highest BCUT2D eigenvalue weighted by Crippen LogP contribution is 2.27. The number of rotatable bonds is 2. The average Bonchev–Trinajstić information content (AvgIpc) is 2.97. The Morgan fingerprint density at radius 2 is 1.65 bits per heavy atom. The molecule has 3 heterocycles. The molecule has 1 aromatic heterocycles. The summed E-state index contributed by atoms with van der Waals surface area (Å²) in [6.45, 7) is 2.32. The van der Waals surface area contributed by atoms with Gasteiger partial charge in [-0.3, -0.25) is 9.59 Å². The number of nitrogens with zero attached hydrogens (tertiary/aromatic N) is 2. The number of hydrogen-bond donors (Lipinski definition) is 0. The fraction of sp³-hybridized carbons (Fsp3) is 0.667. The Kier molecular flexibility index (Phi) is 5.03. The summed E-state index contributed by atoms with van der Waals surface area (Å²) in [5.74, 6) is 0.479. The van der Waals surface area contributed by atoms with E-state index in [-0.39, 0.29) is 11.5 Å². The van der Waals surface area contributed by atoms with Crippen molar-refractivity contribution < 1.29 is 9.53 Å². The van der Waals surface area contributed by atoms with E-state index in [0.717, 1.165) is 57.3 Å². The molecule has 3 rings (SSSR count). The number of amides is 1. The van der Waals surface area contributed by atoms with Crippen molar-refractivity contribution in [2.75, 3.05) is 20.2 Å². The van der Waals surface area contributed by atoms with Crippen LogP contribution in [0.3, 0.4) is 0 Å². The van der Waals surface area contributed by atoms with E-state index in [0.29, 0.717) is 17.9 Å². The monoisotopic (exact) mass is 318 g/mol. The van der Waals surface area contributed by atoms with Crippen molar-refractivity contribution in [2.24, 2.45) is 0 Å². The van der Waals surface area contributed by atoms with Crippen LogP contribution in [0.5, 0.6) is 5.75 Å². The Labute approximate surface area is 137 Å². The molecule has 23 heavy (non-hydrogen) atoms. The molecule has 1 saturated heterocycles. The van der Waals surface area contributed by atoms with Gasteiger partial charge in [0.15, 0.2) is 0 Å². The molecule has 0 aliphatic carbocycles. The van der Waals surface area contributed by atoms with Gasteiger partial charge in [0.25, 0.3) is 11.5 Å². The molecule has 2 aliphatic rings. The molecule has 5 heteroatoms. The molecular weight excluding hydrogens is 292 g/mol. The van der Waals surface area contributed by atoms with Crippen LogP contribution < -0.4 is 10.3 Å². The van der Waals surface area contributed by atoms with E-state index in [2.05, 4.69) is 0 Å². The summed E-state index contributed by atoms with van der Waals surface area (Å²) in [6, 6.07) is 1.49. The number of ether oxygens (including phenoxy) is 1. The topological polar surface area (TPSA) is 51.5 Å². The Morgan fingerprint density at radius 3 is 2.35 bits per heavy atom. The van der Waals surface area contributed by atoms with Gasteiger partial charge in [0, 0.05) is 31.4 Å². The quantitative estimate of drug-likeness (QED) is 0.842. The minimum Gasteiger partial charge on any atom is -0.496 e. The predicted octanol–water partition coefficient (Wildman–Crippen LogP) is 2.60. The van der Waals surface area contributed by atoms with E-state index in [1.54, 1.807) is 11.7 Å². The molecule has 1 fully saturated rings. The van der Waals surface area contributed by atoms with Crippen LogP contribution in [0.1, 0.15) is 61.0 Å². The van der Waals surface area contributed by atoms with Crippen LogP contribution in [0.4, 0.5) is 0 Å². The highest BCUT2D eigenvalue weighted by molar-refractivity contribution is 5.98. The third-order valence-electron chi connectivity index (χ3n) is 5.00. The predicted molar refractivity (Wildman–Crippen MR) is 89.2 cm³/mol. The summed E-state index contributed by atoms with van der Waals surface area (Å²) in [6.07, 6.45) is 8.39. The van der Waals surface area contributed by atoms with Crippen LogP contribution in [0.15, 0.2) is 10.9 Å². The number of fused-ring (bicyclic) bond motifs is 1. The van der Waals surface area contributed by atoms with Crippen LogP contribution in [0, 0.1) is 0 Å². The number of pyridine rings is 1. The molecule has 0 saturated carbocycles. The molecule has 0 atom stereocenters. The second-order valence-corrected chi connectivity index (χ2v) is 6.54. The fourth-order valence-corrected chi connectivity index (χ4v) is 3.74. The van der Waals surface area contributed by atoms with Gasteiger partial charge in [0.05, 0.1) is 7.11 Å². The van der Waals surface area contributed by atoms with Crippen LogP contribution >= 0.6 is 0 Å². The summed E-state index contributed by atoms with van der Waals surface area (Å²) in [7, 11) is 1.54. The van der Waals surface area contributed by atoms with Crippen LogP contribution in [0.25, 0.3) is 0 Å². The van der Waals surface area contributed by atoms with Gasteiger partial charge in [-0.15, -0.1) is 0 Å². The zero-order chi connectivity index (χ0) is 16.2. The fourth-order valence-electron chi connectivity index (χ4n) is 3.74. The third-order valence-corrected chi connectivity index (χ3v) is 5.00. The molecule has 0 aromatic carbocycles. The lowest BCUT2D eigenvalue weighted by atomic mass is 10.1.